The molecule has 0 radical (unpaired) electrons. The number of hydrogen-bond acceptors (Lipinski definition) is 2. The van der Waals surface area contributed by atoms with Crippen LogP contribution in [-0.4, -0.2) is 20.3 Å². The predicted molar refractivity (Wildman–Crippen MR) is 107 cm³/mol. The van der Waals surface area contributed by atoms with Crippen molar-refractivity contribution >= 4 is 18.7 Å². The highest BCUT2D eigenvalue weighted by Crippen LogP contribution is 2.42. The average molecular weight is 355 g/mol. The molecule has 0 bridgehead atoms. The lowest BCUT2D eigenvalue weighted by molar-refractivity contribution is -0.130. The summed E-state index contributed by atoms with van der Waals surface area (Å²) in [5.74, 6) is 0. The van der Waals surface area contributed by atoms with Gasteiger partial charge in [-0.15, -0.1) is 0 Å². The van der Waals surface area contributed by atoms with Crippen molar-refractivity contribution in [3.8, 4) is 0 Å². The van der Waals surface area contributed by atoms with Gasteiger partial charge in [0.2, 0.25) is 0 Å². The fourth-order valence-electron chi connectivity index (χ4n) is 3.65. The van der Waals surface area contributed by atoms with E-state index in [1.54, 1.807) is 0 Å². The molecule has 134 valence electrons. The first-order chi connectivity index (χ1) is 11.7. The Morgan fingerprint density at radius 1 is 0.680 bits per heavy atom. The minimum absolute atomic E-state index is 0.0160. The lowest BCUT2D eigenvalue weighted by Gasteiger charge is -2.38. The third-order valence-corrected chi connectivity index (χ3v) is 9.53. The molecule has 0 N–H and O–H groups in total. The van der Waals surface area contributed by atoms with Gasteiger partial charge in [-0.2, -0.15) is 0 Å². The van der Waals surface area contributed by atoms with E-state index in [0.717, 1.165) is 0 Å². The molecule has 0 saturated carbocycles. The fourth-order valence-corrected chi connectivity index (χ4v) is 8.64. The molecule has 2 aromatic carbocycles. The number of ether oxygens (including phenoxy) is 1. The van der Waals surface area contributed by atoms with Crippen molar-refractivity contribution in [2.75, 3.05) is 0 Å². The van der Waals surface area contributed by atoms with E-state index in [1.165, 1.54) is 10.4 Å². The maximum absolute atomic E-state index is 6.94. The summed E-state index contributed by atoms with van der Waals surface area (Å²) in [7, 11) is -2.54. The Kier molecular flexibility index (Phi) is 4.69. The maximum atomic E-state index is 6.94. The topological polar surface area (TPSA) is 18.5 Å². The van der Waals surface area contributed by atoms with Crippen molar-refractivity contribution in [1.82, 2.24) is 0 Å². The zero-order valence-corrected chi connectivity index (χ0v) is 17.2. The maximum Gasteiger partial charge on any atom is 0.288 e. The molecule has 2 atom stereocenters. The molecular formula is C22H30O2Si. The molecule has 1 saturated heterocycles. The van der Waals surface area contributed by atoms with E-state index < -0.39 is 8.32 Å². The molecule has 1 fully saturated rings. The van der Waals surface area contributed by atoms with Gasteiger partial charge in [-0.1, -0.05) is 102 Å². The van der Waals surface area contributed by atoms with E-state index in [2.05, 4.69) is 102 Å². The van der Waals surface area contributed by atoms with Crippen molar-refractivity contribution in [1.29, 1.82) is 0 Å². The Morgan fingerprint density at radius 3 is 1.48 bits per heavy atom. The van der Waals surface area contributed by atoms with Gasteiger partial charge in [0, 0.05) is 5.41 Å². The molecule has 1 aliphatic rings. The summed E-state index contributed by atoms with van der Waals surface area (Å²) in [5, 5.41) is 2.57. The van der Waals surface area contributed by atoms with Crippen molar-refractivity contribution in [3.05, 3.63) is 60.7 Å². The summed E-state index contributed by atoms with van der Waals surface area (Å²) in [6.45, 7) is 13.4. The molecule has 1 aliphatic heterocycles. The zero-order chi connectivity index (χ0) is 18.3. The molecule has 0 aliphatic carbocycles. The Balaban J connectivity index is 2.24. The molecule has 0 amide bonds. The highest BCUT2D eigenvalue weighted by molar-refractivity contribution is 6.98. The third kappa shape index (κ3) is 3.33. The molecule has 1 heterocycles. The smallest absolute Gasteiger partial charge is 0.288 e. The van der Waals surface area contributed by atoms with Crippen molar-refractivity contribution in [2.24, 2.45) is 10.8 Å². The Hall–Kier alpha value is -1.42. The molecule has 25 heavy (non-hydrogen) atoms. The second-order valence-corrected chi connectivity index (χ2v) is 12.6. The van der Waals surface area contributed by atoms with Crippen LogP contribution in [0.2, 0.25) is 0 Å². The highest BCUT2D eigenvalue weighted by atomic mass is 28.4. The number of hydrogen-bond donors (Lipinski definition) is 0. The summed E-state index contributed by atoms with van der Waals surface area (Å²) in [5.41, 5.74) is -0.0336. The van der Waals surface area contributed by atoms with E-state index in [1.807, 2.05) is 0 Å². The first-order valence-electron chi connectivity index (χ1n) is 9.10. The van der Waals surface area contributed by atoms with Gasteiger partial charge in [-0.25, -0.2) is 0 Å². The van der Waals surface area contributed by atoms with E-state index in [0.29, 0.717) is 0 Å². The summed E-state index contributed by atoms with van der Waals surface area (Å²) >= 11 is 0. The first kappa shape index (κ1) is 18.4. The van der Waals surface area contributed by atoms with Gasteiger partial charge in [0.1, 0.15) is 0 Å². The molecule has 0 spiro atoms. The van der Waals surface area contributed by atoms with Crippen molar-refractivity contribution in [3.63, 3.8) is 0 Å². The highest BCUT2D eigenvalue weighted by Gasteiger charge is 2.60. The van der Waals surface area contributed by atoms with Crippen molar-refractivity contribution in [2.45, 2.75) is 53.6 Å². The quantitative estimate of drug-likeness (QED) is 0.755. The van der Waals surface area contributed by atoms with Crippen LogP contribution in [-0.2, 0) is 9.16 Å². The van der Waals surface area contributed by atoms with E-state index in [4.69, 9.17) is 9.16 Å². The monoisotopic (exact) mass is 354 g/mol. The van der Waals surface area contributed by atoms with Gasteiger partial charge in [0.25, 0.3) is 8.32 Å². The van der Waals surface area contributed by atoms with Gasteiger partial charge in [0.05, 0.1) is 5.73 Å². The molecule has 3 heteroatoms. The Morgan fingerprint density at radius 2 is 1.12 bits per heavy atom. The van der Waals surface area contributed by atoms with Gasteiger partial charge >= 0.3 is 0 Å². The molecular weight excluding hydrogens is 324 g/mol. The van der Waals surface area contributed by atoms with E-state index >= 15 is 0 Å². The molecule has 2 aromatic rings. The molecule has 2 unspecified atom stereocenters. The lowest BCUT2D eigenvalue weighted by atomic mass is 9.95. The fraction of sp³-hybridized carbons (Fsp3) is 0.455. The van der Waals surface area contributed by atoms with Crippen LogP contribution in [0.25, 0.3) is 0 Å². The average Bonchev–Trinajstić information content (AvgIpc) is 2.99. The normalized spacial score (nSPS) is 23.6. The molecule has 0 aromatic heterocycles. The summed E-state index contributed by atoms with van der Waals surface area (Å²) in [4.78, 5) is 0. The number of rotatable bonds is 2. The van der Waals surface area contributed by atoms with Crippen LogP contribution in [0, 0.1) is 10.8 Å². The van der Waals surface area contributed by atoms with Gasteiger partial charge in [0.15, 0.2) is 6.29 Å². The minimum atomic E-state index is -2.54. The third-order valence-electron chi connectivity index (χ3n) is 4.82. The van der Waals surface area contributed by atoms with Crippen LogP contribution in [0.3, 0.4) is 0 Å². The van der Waals surface area contributed by atoms with Gasteiger partial charge < -0.3 is 9.16 Å². The van der Waals surface area contributed by atoms with Crippen LogP contribution >= 0.6 is 0 Å². The van der Waals surface area contributed by atoms with Crippen molar-refractivity contribution < 1.29 is 9.16 Å². The second-order valence-electron chi connectivity index (χ2n) is 9.17. The van der Waals surface area contributed by atoms with Gasteiger partial charge in [-0.3, -0.25) is 0 Å². The summed E-state index contributed by atoms with van der Waals surface area (Å²) < 4.78 is 13.6. The van der Waals surface area contributed by atoms with Crippen LogP contribution in [0.5, 0.6) is 0 Å². The summed E-state index contributed by atoms with van der Waals surface area (Å²) in [6.07, 6.45) is -0.205. The predicted octanol–water partition coefficient (Wildman–Crippen LogP) is 4.12. The Labute approximate surface area is 153 Å². The summed E-state index contributed by atoms with van der Waals surface area (Å²) in [6, 6.07) is 21.4. The van der Waals surface area contributed by atoms with Gasteiger partial charge in [-0.05, 0) is 15.8 Å². The standard InChI is InChI=1S/C22H30O2Si/c1-21(2,3)19-23-20(22(4,5)6)25(24-19,17-13-9-7-10-14-17)18-15-11-8-12-16-18/h7-16,19-20H,1-6H3. The van der Waals surface area contributed by atoms with E-state index in [9.17, 15) is 0 Å². The van der Waals surface area contributed by atoms with Crippen LogP contribution in [0.15, 0.2) is 60.7 Å². The van der Waals surface area contributed by atoms with E-state index in [-0.39, 0.29) is 22.8 Å². The largest absolute Gasteiger partial charge is 0.380 e. The zero-order valence-electron chi connectivity index (χ0n) is 16.2. The number of benzene rings is 2. The SMILES string of the molecule is CC(C)(C)C1OC(C(C)(C)C)[Si](c2ccccc2)(c2ccccc2)O1. The Bertz CT molecular complexity index is 659. The van der Waals surface area contributed by atoms with Crippen LogP contribution in [0.1, 0.15) is 41.5 Å². The second kappa shape index (κ2) is 6.38. The van der Waals surface area contributed by atoms with Crippen LogP contribution in [0.4, 0.5) is 0 Å². The molecule has 2 nitrogen and oxygen atoms in total. The molecule has 3 rings (SSSR count). The lowest BCUT2D eigenvalue weighted by Crippen LogP contribution is -2.68. The minimum Gasteiger partial charge on any atom is -0.380 e. The first-order valence-corrected chi connectivity index (χ1v) is 11.1. The van der Waals surface area contributed by atoms with Crippen LogP contribution < -0.4 is 10.4 Å².